The molecule has 0 atom stereocenters. The molecule has 0 bridgehead atoms. The molecule has 0 aromatic heterocycles. The lowest BCUT2D eigenvalue weighted by Gasteiger charge is -2.08. The van der Waals surface area contributed by atoms with Crippen molar-refractivity contribution in [2.45, 2.75) is 13.3 Å². The van der Waals surface area contributed by atoms with E-state index in [-0.39, 0.29) is 12.5 Å². The van der Waals surface area contributed by atoms with Crippen LogP contribution in [0, 0.1) is 0 Å². The summed E-state index contributed by atoms with van der Waals surface area (Å²) in [5, 5.41) is 5.59. The molecule has 0 aromatic rings. The van der Waals surface area contributed by atoms with E-state index in [0.717, 1.165) is 6.42 Å². The van der Waals surface area contributed by atoms with Crippen LogP contribution in [0.3, 0.4) is 0 Å². The summed E-state index contributed by atoms with van der Waals surface area (Å²) in [5.41, 5.74) is 2.39. The van der Waals surface area contributed by atoms with Crippen molar-refractivity contribution in [3.8, 4) is 0 Å². The first kappa shape index (κ1) is 14.7. The minimum atomic E-state index is -0.131. The number of methoxy groups -OCH3 is 1. The Bertz CT molecular complexity index is 220. The van der Waals surface area contributed by atoms with E-state index < -0.39 is 0 Å². The largest absolute Gasteiger partial charge is 0.385 e. The number of hydrazine groups is 1. The van der Waals surface area contributed by atoms with Crippen LogP contribution in [0.4, 0.5) is 0 Å². The number of hydrogen-bond acceptors (Lipinski definition) is 4. The topological polar surface area (TPSA) is 101 Å². The molecular weight excluding hydrogens is 210 g/mol. The fourth-order valence-corrected chi connectivity index (χ4v) is 0.980. The maximum absolute atomic E-state index is 11.1. The van der Waals surface area contributed by atoms with Crippen molar-refractivity contribution in [1.82, 2.24) is 16.1 Å². The van der Waals surface area contributed by atoms with Gasteiger partial charge in [-0.25, -0.2) is 10.8 Å². The van der Waals surface area contributed by atoms with Crippen LogP contribution in [-0.2, 0) is 9.53 Å². The Hall–Kier alpha value is -1.34. The maximum atomic E-state index is 11.1. The molecule has 0 unspecified atom stereocenters. The highest BCUT2D eigenvalue weighted by atomic mass is 16.5. The zero-order chi connectivity index (χ0) is 12.2. The third kappa shape index (κ3) is 8.01. The molecule has 0 aromatic carbocycles. The fourth-order valence-electron chi connectivity index (χ4n) is 0.980. The average molecular weight is 231 g/mol. The van der Waals surface area contributed by atoms with Crippen molar-refractivity contribution in [1.29, 1.82) is 0 Å². The molecule has 0 heterocycles. The van der Waals surface area contributed by atoms with Crippen LogP contribution in [0.1, 0.15) is 13.3 Å². The third-order valence-electron chi connectivity index (χ3n) is 1.71. The second kappa shape index (κ2) is 10.2. The van der Waals surface area contributed by atoms with Gasteiger partial charge in [0.2, 0.25) is 11.9 Å². The first-order chi connectivity index (χ1) is 7.74. The van der Waals surface area contributed by atoms with Gasteiger partial charge in [-0.2, -0.15) is 0 Å². The van der Waals surface area contributed by atoms with Gasteiger partial charge in [-0.3, -0.25) is 10.2 Å². The highest BCUT2D eigenvalue weighted by Gasteiger charge is 1.99. The predicted octanol–water partition coefficient (Wildman–Crippen LogP) is -1.43. The van der Waals surface area contributed by atoms with Crippen molar-refractivity contribution >= 4 is 11.9 Å². The molecule has 94 valence electrons. The van der Waals surface area contributed by atoms with Crippen molar-refractivity contribution in [2.75, 3.05) is 33.4 Å². The van der Waals surface area contributed by atoms with Gasteiger partial charge in [0.25, 0.3) is 0 Å². The number of hydrogen-bond donors (Lipinski definition) is 4. The van der Waals surface area contributed by atoms with Crippen molar-refractivity contribution in [3.05, 3.63) is 0 Å². The van der Waals surface area contributed by atoms with Crippen LogP contribution in [0.5, 0.6) is 0 Å². The number of ether oxygens (including phenoxy) is 1. The molecule has 7 nitrogen and oxygen atoms in total. The summed E-state index contributed by atoms with van der Waals surface area (Å²) < 4.78 is 4.89. The second-order valence-corrected chi connectivity index (χ2v) is 3.04. The third-order valence-corrected chi connectivity index (χ3v) is 1.71. The number of carbonyl (C=O) groups excluding carboxylic acids is 1. The van der Waals surface area contributed by atoms with Gasteiger partial charge in [0.05, 0.1) is 0 Å². The number of rotatable bonds is 7. The normalized spacial score (nSPS) is 11.1. The van der Waals surface area contributed by atoms with E-state index in [4.69, 9.17) is 10.6 Å². The van der Waals surface area contributed by atoms with Gasteiger partial charge >= 0.3 is 0 Å². The standard InChI is InChI=1S/C9H21N5O2/c1-3-11-8(15)7-13-9(14-10)12-5-4-6-16-2/h3-7,10H2,1-2H3,(H,11,15)(H2,12,13,14). The lowest BCUT2D eigenvalue weighted by Crippen LogP contribution is -2.43. The van der Waals surface area contributed by atoms with E-state index in [1.165, 1.54) is 0 Å². The highest BCUT2D eigenvalue weighted by molar-refractivity contribution is 5.84. The predicted molar refractivity (Wildman–Crippen MR) is 62.8 cm³/mol. The number of aliphatic imine (C=N–C) groups is 1. The lowest BCUT2D eigenvalue weighted by molar-refractivity contribution is -0.119. The average Bonchev–Trinajstić information content (AvgIpc) is 2.28. The van der Waals surface area contributed by atoms with E-state index in [9.17, 15) is 4.79 Å². The number of carbonyl (C=O) groups is 1. The molecule has 0 radical (unpaired) electrons. The molecule has 0 rings (SSSR count). The molecule has 0 saturated carbocycles. The zero-order valence-electron chi connectivity index (χ0n) is 9.88. The Labute approximate surface area is 95.8 Å². The molecule has 0 saturated heterocycles. The smallest absolute Gasteiger partial charge is 0.241 e. The number of nitrogens with zero attached hydrogens (tertiary/aromatic N) is 1. The summed E-state index contributed by atoms with van der Waals surface area (Å²) in [5.74, 6) is 5.52. The van der Waals surface area contributed by atoms with Crippen LogP contribution >= 0.6 is 0 Å². The molecule has 0 spiro atoms. The number of guanidine groups is 1. The minimum Gasteiger partial charge on any atom is -0.385 e. The Morgan fingerprint density at radius 3 is 2.75 bits per heavy atom. The molecule has 0 aliphatic rings. The monoisotopic (exact) mass is 231 g/mol. The van der Waals surface area contributed by atoms with Crippen LogP contribution in [0.15, 0.2) is 4.99 Å². The Kier molecular flexibility index (Phi) is 9.33. The molecule has 1 amide bonds. The zero-order valence-corrected chi connectivity index (χ0v) is 9.88. The number of amides is 1. The van der Waals surface area contributed by atoms with Gasteiger partial charge in [-0.15, -0.1) is 0 Å². The number of nitrogens with two attached hydrogens (primary N) is 1. The van der Waals surface area contributed by atoms with Gasteiger partial charge in [0.15, 0.2) is 0 Å². The molecule has 0 fully saturated rings. The van der Waals surface area contributed by atoms with Crippen LogP contribution < -0.4 is 21.9 Å². The summed E-state index contributed by atoms with van der Waals surface area (Å²) in [6, 6.07) is 0. The molecule has 0 aliphatic carbocycles. The van der Waals surface area contributed by atoms with E-state index in [2.05, 4.69) is 21.1 Å². The quantitative estimate of drug-likeness (QED) is 0.141. The van der Waals surface area contributed by atoms with Gasteiger partial charge in [0.1, 0.15) is 6.54 Å². The number of likely N-dealkylation sites (N-methyl/N-ethyl adjacent to an activating group) is 1. The van der Waals surface area contributed by atoms with Gasteiger partial charge < -0.3 is 15.4 Å². The number of nitrogens with one attached hydrogen (secondary N) is 3. The van der Waals surface area contributed by atoms with Crippen LogP contribution in [-0.4, -0.2) is 45.2 Å². The van der Waals surface area contributed by atoms with Crippen LogP contribution in [0.2, 0.25) is 0 Å². The molecular formula is C9H21N5O2. The van der Waals surface area contributed by atoms with Crippen molar-refractivity contribution in [3.63, 3.8) is 0 Å². The molecule has 16 heavy (non-hydrogen) atoms. The second-order valence-electron chi connectivity index (χ2n) is 3.04. The van der Waals surface area contributed by atoms with Gasteiger partial charge in [0, 0.05) is 26.8 Å². The van der Waals surface area contributed by atoms with Crippen LogP contribution in [0.25, 0.3) is 0 Å². The Balaban J connectivity index is 3.78. The highest BCUT2D eigenvalue weighted by Crippen LogP contribution is 1.78. The minimum absolute atomic E-state index is 0.0602. The van der Waals surface area contributed by atoms with E-state index in [1.807, 2.05) is 6.92 Å². The first-order valence-corrected chi connectivity index (χ1v) is 5.25. The summed E-state index contributed by atoms with van der Waals surface area (Å²) in [6.07, 6.45) is 0.846. The first-order valence-electron chi connectivity index (χ1n) is 5.25. The molecule has 5 N–H and O–H groups in total. The Morgan fingerprint density at radius 1 is 1.44 bits per heavy atom. The fraction of sp³-hybridized carbons (Fsp3) is 0.778. The Morgan fingerprint density at radius 2 is 2.19 bits per heavy atom. The molecule has 0 aliphatic heterocycles. The van der Waals surface area contributed by atoms with E-state index in [1.54, 1.807) is 7.11 Å². The lowest BCUT2D eigenvalue weighted by atomic mass is 10.4. The van der Waals surface area contributed by atoms with Crippen molar-refractivity contribution < 1.29 is 9.53 Å². The van der Waals surface area contributed by atoms with E-state index >= 15 is 0 Å². The summed E-state index contributed by atoms with van der Waals surface area (Å²) >= 11 is 0. The van der Waals surface area contributed by atoms with Gasteiger partial charge in [-0.1, -0.05) is 0 Å². The van der Waals surface area contributed by atoms with Crippen molar-refractivity contribution in [2.24, 2.45) is 10.8 Å². The molecule has 7 heteroatoms. The summed E-state index contributed by atoms with van der Waals surface area (Å²) in [7, 11) is 1.64. The summed E-state index contributed by atoms with van der Waals surface area (Å²) in [6.45, 7) is 3.87. The van der Waals surface area contributed by atoms with E-state index in [0.29, 0.717) is 25.7 Å². The SMILES string of the molecule is CCNC(=O)CN=C(NN)NCCCOC. The maximum Gasteiger partial charge on any atom is 0.241 e. The summed E-state index contributed by atoms with van der Waals surface area (Å²) in [4.78, 5) is 15.1. The van der Waals surface area contributed by atoms with Gasteiger partial charge in [-0.05, 0) is 13.3 Å².